The molecule has 0 aliphatic carbocycles. The molecule has 0 aliphatic rings. The average Bonchev–Trinajstić information content (AvgIpc) is 2.78. The van der Waals surface area contributed by atoms with Crippen LogP contribution in [0.2, 0.25) is 0 Å². The minimum absolute atomic E-state index is 0.391. The van der Waals surface area contributed by atoms with E-state index in [0.717, 1.165) is 43.6 Å². The Morgan fingerprint density at radius 1 is 0.867 bits per heavy atom. The van der Waals surface area contributed by atoms with Gasteiger partial charge in [-0.3, -0.25) is 0 Å². The molecular weight excluding hydrogens is 376 g/mol. The molecule has 0 unspecified atom stereocenters. The predicted octanol–water partition coefficient (Wildman–Crippen LogP) is 6.85. The molecule has 0 aliphatic heterocycles. The first-order valence-electron chi connectivity index (χ1n) is 10.9. The first-order valence-corrected chi connectivity index (χ1v) is 10.9. The van der Waals surface area contributed by atoms with Crippen LogP contribution in [0.15, 0.2) is 60.7 Å². The molecule has 0 amide bonds. The fraction of sp³-hybridized carbons (Fsp3) is 0.423. The lowest BCUT2D eigenvalue weighted by Crippen LogP contribution is -2.09. The summed E-state index contributed by atoms with van der Waals surface area (Å²) in [6.07, 6.45) is 9.78. The predicted molar refractivity (Wildman–Crippen MR) is 122 cm³/mol. The Labute approximate surface area is 180 Å². The molecule has 30 heavy (non-hydrogen) atoms. The average molecular weight is 411 g/mol. The number of allylic oxidation sites excluding steroid dienone is 2. The Morgan fingerprint density at radius 3 is 2.17 bits per heavy atom. The summed E-state index contributed by atoms with van der Waals surface area (Å²) in [5.74, 6) is 2.15. The van der Waals surface area contributed by atoms with Gasteiger partial charge in [0.1, 0.15) is 17.2 Å². The summed E-state index contributed by atoms with van der Waals surface area (Å²) in [6.45, 7) is 7.79. The monoisotopic (exact) mass is 410 g/mol. The summed E-state index contributed by atoms with van der Waals surface area (Å²) in [4.78, 5) is 12.3. The van der Waals surface area contributed by atoms with Gasteiger partial charge in [0.2, 0.25) is 0 Å². The molecule has 0 heterocycles. The quantitative estimate of drug-likeness (QED) is 0.157. The maximum absolute atomic E-state index is 12.3. The molecule has 0 radical (unpaired) electrons. The minimum Gasteiger partial charge on any atom is -0.494 e. The Balaban J connectivity index is 1.75. The molecule has 0 fully saturated rings. The van der Waals surface area contributed by atoms with Crippen LogP contribution in [0.4, 0.5) is 0 Å². The second kappa shape index (κ2) is 13.5. The van der Waals surface area contributed by atoms with Crippen molar-refractivity contribution >= 4 is 5.97 Å². The lowest BCUT2D eigenvalue weighted by atomic mass is 10.1. The summed E-state index contributed by atoms with van der Waals surface area (Å²) in [6, 6.07) is 14.2. The number of unbranched alkanes of at least 4 members (excludes halogenated alkanes) is 2. The third kappa shape index (κ3) is 8.73. The van der Waals surface area contributed by atoms with E-state index in [9.17, 15) is 4.79 Å². The van der Waals surface area contributed by atoms with Gasteiger partial charge in [0.15, 0.2) is 0 Å². The second-order valence-corrected chi connectivity index (χ2v) is 7.43. The normalized spacial score (nSPS) is 12.0. The topological polar surface area (TPSA) is 44.8 Å². The summed E-state index contributed by atoms with van der Waals surface area (Å²) >= 11 is 0. The number of carbonyl (C=O) groups is 1. The van der Waals surface area contributed by atoms with E-state index in [1.807, 2.05) is 12.1 Å². The van der Waals surface area contributed by atoms with Crippen molar-refractivity contribution in [3.63, 3.8) is 0 Å². The van der Waals surface area contributed by atoms with Crippen LogP contribution in [0.1, 0.15) is 63.2 Å². The SMILES string of the molecule is CC/C=C\CCCCOc1ccc(C(=O)Oc2ccc(OC[C@@H](C)CC)cc2)cc1. The number of carbonyl (C=O) groups excluding carboxylic acids is 1. The number of hydrogen-bond donors (Lipinski definition) is 0. The van der Waals surface area contributed by atoms with Crippen LogP contribution < -0.4 is 14.2 Å². The van der Waals surface area contributed by atoms with Crippen molar-refractivity contribution in [3.8, 4) is 17.2 Å². The van der Waals surface area contributed by atoms with E-state index in [4.69, 9.17) is 14.2 Å². The van der Waals surface area contributed by atoms with Gasteiger partial charge in [0.25, 0.3) is 0 Å². The highest BCUT2D eigenvalue weighted by molar-refractivity contribution is 5.91. The summed E-state index contributed by atoms with van der Waals surface area (Å²) in [5.41, 5.74) is 0.490. The molecule has 0 N–H and O–H groups in total. The van der Waals surface area contributed by atoms with Crippen LogP contribution in [-0.4, -0.2) is 19.2 Å². The highest BCUT2D eigenvalue weighted by Crippen LogP contribution is 2.20. The van der Waals surface area contributed by atoms with E-state index >= 15 is 0 Å². The lowest BCUT2D eigenvalue weighted by molar-refractivity contribution is 0.0734. The minimum atomic E-state index is -0.391. The first kappa shape index (κ1) is 23.5. The summed E-state index contributed by atoms with van der Waals surface area (Å²) in [7, 11) is 0. The van der Waals surface area contributed by atoms with Crippen molar-refractivity contribution in [2.45, 2.75) is 52.9 Å². The molecule has 0 saturated carbocycles. The largest absolute Gasteiger partial charge is 0.494 e. The van der Waals surface area contributed by atoms with Crippen molar-refractivity contribution in [3.05, 3.63) is 66.2 Å². The lowest BCUT2D eigenvalue weighted by Gasteiger charge is -2.11. The van der Waals surface area contributed by atoms with Crippen molar-refractivity contribution in [1.29, 1.82) is 0 Å². The van der Waals surface area contributed by atoms with E-state index in [2.05, 4.69) is 32.9 Å². The van der Waals surface area contributed by atoms with Gasteiger partial charge in [0, 0.05) is 0 Å². The second-order valence-electron chi connectivity index (χ2n) is 7.43. The molecule has 4 nitrogen and oxygen atoms in total. The third-order valence-corrected chi connectivity index (χ3v) is 4.79. The zero-order valence-electron chi connectivity index (χ0n) is 18.4. The molecular formula is C26H34O4. The molecule has 0 saturated heterocycles. The third-order valence-electron chi connectivity index (χ3n) is 4.79. The number of ether oxygens (including phenoxy) is 3. The van der Waals surface area contributed by atoms with Gasteiger partial charge in [-0.1, -0.05) is 39.3 Å². The number of benzene rings is 2. The standard InChI is InChI=1S/C26H34O4/c1-4-6-7-8-9-10-19-28-23-13-11-22(12-14-23)26(27)30-25-17-15-24(16-18-25)29-20-21(3)5-2/h6-7,11-18,21H,4-5,8-10,19-20H2,1-3H3/b7-6-/t21-/m0/s1. The first-order chi connectivity index (χ1) is 14.6. The van der Waals surface area contributed by atoms with E-state index < -0.39 is 5.97 Å². The van der Waals surface area contributed by atoms with Crippen molar-refractivity contribution in [2.75, 3.05) is 13.2 Å². The van der Waals surface area contributed by atoms with Crippen LogP contribution in [0.5, 0.6) is 17.2 Å². The van der Waals surface area contributed by atoms with Crippen LogP contribution in [0.3, 0.4) is 0 Å². The fourth-order valence-electron chi connectivity index (χ4n) is 2.65. The molecule has 2 aromatic rings. The van der Waals surface area contributed by atoms with Crippen molar-refractivity contribution in [2.24, 2.45) is 5.92 Å². The van der Waals surface area contributed by atoms with Gasteiger partial charge >= 0.3 is 5.97 Å². The molecule has 0 bridgehead atoms. The Kier molecular flexibility index (Phi) is 10.6. The maximum atomic E-state index is 12.3. The molecule has 4 heteroatoms. The molecule has 2 rings (SSSR count). The van der Waals surface area contributed by atoms with Crippen molar-refractivity contribution < 1.29 is 19.0 Å². The molecule has 162 valence electrons. The van der Waals surface area contributed by atoms with Crippen LogP contribution >= 0.6 is 0 Å². The van der Waals surface area contributed by atoms with E-state index in [0.29, 0.717) is 30.4 Å². The van der Waals surface area contributed by atoms with Gasteiger partial charge in [-0.15, -0.1) is 0 Å². The van der Waals surface area contributed by atoms with Crippen LogP contribution in [0.25, 0.3) is 0 Å². The fourth-order valence-corrected chi connectivity index (χ4v) is 2.65. The maximum Gasteiger partial charge on any atom is 0.343 e. The molecule has 0 spiro atoms. The van der Waals surface area contributed by atoms with Crippen molar-refractivity contribution in [1.82, 2.24) is 0 Å². The van der Waals surface area contributed by atoms with Gasteiger partial charge < -0.3 is 14.2 Å². The smallest absolute Gasteiger partial charge is 0.343 e. The zero-order valence-corrected chi connectivity index (χ0v) is 18.4. The van der Waals surface area contributed by atoms with E-state index in [1.165, 1.54) is 0 Å². The molecule has 1 atom stereocenters. The number of hydrogen-bond acceptors (Lipinski definition) is 4. The molecule has 0 aromatic heterocycles. The van der Waals surface area contributed by atoms with Gasteiger partial charge in [-0.2, -0.15) is 0 Å². The van der Waals surface area contributed by atoms with Gasteiger partial charge in [0.05, 0.1) is 18.8 Å². The Morgan fingerprint density at radius 2 is 1.50 bits per heavy atom. The van der Waals surface area contributed by atoms with Crippen LogP contribution in [-0.2, 0) is 0 Å². The van der Waals surface area contributed by atoms with E-state index in [-0.39, 0.29) is 0 Å². The summed E-state index contributed by atoms with van der Waals surface area (Å²) < 4.78 is 16.9. The highest BCUT2D eigenvalue weighted by Gasteiger charge is 2.09. The highest BCUT2D eigenvalue weighted by atomic mass is 16.5. The Hall–Kier alpha value is -2.75. The number of rotatable bonds is 13. The summed E-state index contributed by atoms with van der Waals surface area (Å²) in [5, 5.41) is 0. The van der Waals surface area contributed by atoms with Gasteiger partial charge in [-0.05, 0) is 80.1 Å². The van der Waals surface area contributed by atoms with Crippen LogP contribution in [0, 0.1) is 5.92 Å². The van der Waals surface area contributed by atoms with E-state index in [1.54, 1.807) is 36.4 Å². The Bertz CT molecular complexity index is 763. The zero-order chi connectivity index (χ0) is 21.6. The molecule has 2 aromatic carbocycles. The van der Waals surface area contributed by atoms with Gasteiger partial charge in [-0.25, -0.2) is 4.79 Å². The number of esters is 1.